The van der Waals surface area contributed by atoms with Crippen LogP contribution in [0.3, 0.4) is 0 Å². The summed E-state index contributed by atoms with van der Waals surface area (Å²) in [6, 6.07) is 10.2. The van der Waals surface area contributed by atoms with E-state index in [9.17, 15) is 22.4 Å². The first-order chi connectivity index (χ1) is 16.0. The molecule has 0 saturated heterocycles. The molecule has 0 heterocycles. The number of hydrogen-bond donors (Lipinski definition) is 1. The smallest absolute Gasteiger partial charge is 0.244 e. The van der Waals surface area contributed by atoms with Gasteiger partial charge in [-0.3, -0.25) is 13.9 Å². The molecular weight excluding hydrogens is 457 g/mol. The summed E-state index contributed by atoms with van der Waals surface area (Å²) in [7, 11) is -3.79. The quantitative estimate of drug-likeness (QED) is 0.521. The summed E-state index contributed by atoms with van der Waals surface area (Å²) in [4.78, 5) is 27.8. The van der Waals surface area contributed by atoms with Gasteiger partial charge < -0.3 is 10.2 Å². The van der Waals surface area contributed by atoms with Gasteiger partial charge in [-0.25, -0.2) is 12.8 Å². The third kappa shape index (κ3) is 7.28. The van der Waals surface area contributed by atoms with E-state index >= 15 is 0 Å². The largest absolute Gasteiger partial charge is 0.354 e. The molecule has 1 N–H and O–H groups in total. The maximum Gasteiger partial charge on any atom is 0.244 e. The molecule has 0 spiro atoms. The van der Waals surface area contributed by atoms with Crippen molar-refractivity contribution in [3.05, 3.63) is 65.0 Å². The molecule has 0 radical (unpaired) electrons. The number of nitrogens with zero attached hydrogens (tertiary/aromatic N) is 2. The summed E-state index contributed by atoms with van der Waals surface area (Å²) in [5.41, 5.74) is 2.73. The molecule has 0 saturated carbocycles. The van der Waals surface area contributed by atoms with Gasteiger partial charge in [-0.15, -0.1) is 0 Å². The second kappa shape index (κ2) is 12.0. The van der Waals surface area contributed by atoms with E-state index in [1.165, 1.54) is 17.0 Å². The molecule has 0 aliphatic heterocycles. The van der Waals surface area contributed by atoms with Gasteiger partial charge in [-0.05, 0) is 56.0 Å². The van der Waals surface area contributed by atoms with Crippen molar-refractivity contribution >= 4 is 27.5 Å². The normalized spacial score (nSPS) is 12.2. The second-order valence-electron chi connectivity index (χ2n) is 8.42. The number of sulfonamides is 1. The third-order valence-electron chi connectivity index (χ3n) is 5.50. The van der Waals surface area contributed by atoms with Crippen molar-refractivity contribution in [2.45, 2.75) is 53.1 Å². The van der Waals surface area contributed by atoms with E-state index in [0.29, 0.717) is 24.2 Å². The van der Waals surface area contributed by atoms with Crippen molar-refractivity contribution in [2.75, 3.05) is 23.7 Å². The van der Waals surface area contributed by atoms with Crippen LogP contribution in [-0.4, -0.2) is 50.5 Å². The summed E-state index contributed by atoms with van der Waals surface area (Å²) in [6.45, 7) is 7.46. The lowest BCUT2D eigenvalue weighted by Gasteiger charge is -2.33. The number of halogens is 1. The fraction of sp³-hybridized carbons (Fsp3) is 0.440. The fourth-order valence-electron chi connectivity index (χ4n) is 3.75. The SMILES string of the molecule is CCCNC(=O)[C@H](CC)N(Cc1ccc(F)cc1)C(=O)CN(c1ccc(C)cc1C)S(C)(=O)=O. The third-order valence-corrected chi connectivity index (χ3v) is 6.63. The number of carbonyl (C=O) groups is 2. The number of amides is 2. The molecule has 186 valence electrons. The summed E-state index contributed by atoms with van der Waals surface area (Å²) >= 11 is 0. The average Bonchev–Trinajstić information content (AvgIpc) is 2.76. The van der Waals surface area contributed by atoms with Crippen LogP contribution in [-0.2, 0) is 26.2 Å². The Kier molecular flexibility index (Phi) is 9.61. The second-order valence-corrected chi connectivity index (χ2v) is 10.3. The number of benzene rings is 2. The van der Waals surface area contributed by atoms with E-state index in [1.807, 2.05) is 19.9 Å². The monoisotopic (exact) mass is 491 g/mol. The molecule has 0 fully saturated rings. The highest BCUT2D eigenvalue weighted by molar-refractivity contribution is 7.92. The molecule has 34 heavy (non-hydrogen) atoms. The first-order valence-corrected chi connectivity index (χ1v) is 13.2. The van der Waals surface area contributed by atoms with Crippen molar-refractivity contribution in [1.82, 2.24) is 10.2 Å². The number of anilines is 1. The van der Waals surface area contributed by atoms with Crippen molar-refractivity contribution < 1.29 is 22.4 Å². The Morgan fingerprint density at radius 3 is 2.24 bits per heavy atom. The van der Waals surface area contributed by atoms with Crippen LogP contribution < -0.4 is 9.62 Å². The maximum atomic E-state index is 13.6. The van der Waals surface area contributed by atoms with Gasteiger partial charge in [0.25, 0.3) is 0 Å². The lowest BCUT2D eigenvalue weighted by molar-refractivity contribution is -0.140. The molecule has 2 aromatic carbocycles. The Bertz CT molecular complexity index is 1100. The van der Waals surface area contributed by atoms with Crippen molar-refractivity contribution in [3.8, 4) is 0 Å². The molecule has 0 bridgehead atoms. The Morgan fingerprint density at radius 2 is 1.71 bits per heavy atom. The molecule has 0 aliphatic carbocycles. The lowest BCUT2D eigenvalue weighted by atomic mass is 10.1. The van der Waals surface area contributed by atoms with Gasteiger partial charge >= 0.3 is 0 Å². The van der Waals surface area contributed by atoms with E-state index in [1.54, 1.807) is 38.1 Å². The van der Waals surface area contributed by atoms with E-state index in [0.717, 1.165) is 28.1 Å². The molecule has 0 unspecified atom stereocenters. The molecule has 9 heteroatoms. The van der Waals surface area contributed by atoms with Gasteiger partial charge in [0, 0.05) is 13.1 Å². The highest BCUT2D eigenvalue weighted by Crippen LogP contribution is 2.24. The first kappa shape index (κ1) is 27.3. The number of rotatable bonds is 11. The van der Waals surface area contributed by atoms with Gasteiger partial charge in [0.15, 0.2) is 0 Å². The Morgan fingerprint density at radius 1 is 1.06 bits per heavy atom. The Labute approximate surface area is 202 Å². The molecule has 1 atom stereocenters. The molecule has 2 aromatic rings. The summed E-state index contributed by atoms with van der Waals surface area (Å²) in [5.74, 6) is -1.24. The van der Waals surface area contributed by atoms with E-state index in [-0.39, 0.29) is 12.5 Å². The van der Waals surface area contributed by atoms with Crippen molar-refractivity contribution in [1.29, 1.82) is 0 Å². The van der Waals surface area contributed by atoms with E-state index in [2.05, 4.69) is 5.32 Å². The Hall–Kier alpha value is -2.94. The van der Waals surface area contributed by atoms with Crippen LogP contribution in [0.4, 0.5) is 10.1 Å². The zero-order valence-corrected chi connectivity index (χ0v) is 21.3. The van der Waals surface area contributed by atoms with Gasteiger partial charge in [0.2, 0.25) is 21.8 Å². The number of aryl methyl sites for hydroxylation is 2. The van der Waals surface area contributed by atoms with Gasteiger partial charge in [-0.2, -0.15) is 0 Å². The number of nitrogens with one attached hydrogen (secondary N) is 1. The van der Waals surface area contributed by atoms with Crippen LogP contribution in [0.2, 0.25) is 0 Å². The summed E-state index contributed by atoms with van der Waals surface area (Å²) in [5, 5.41) is 2.82. The van der Waals surface area contributed by atoms with E-state index < -0.39 is 34.3 Å². The minimum atomic E-state index is -3.79. The minimum Gasteiger partial charge on any atom is -0.354 e. The predicted molar refractivity (Wildman–Crippen MR) is 132 cm³/mol. The van der Waals surface area contributed by atoms with Crippen LogP contribution in [0.1, 0.15) is 43.4 Å². The molecular formula is C25H34FN3O4S. The topological polar surface area (TPSA) is 86.8 Å². The van der Waals surface area contributed by atoms with Crippen LogP contribution in [0.15, 0.2) is 42.5 Å². The molecule has 0 aromatic heterocycles. The zero-order chi connectivity index (χ0) is 25.5. The number of carbonyl (C=O) groups excluding carboxylic acids is 2. The first-order valence-electron chi connectivity index (χ1n) is 11.3. The van der Waals surface area contributed by atoms with Crippen LogP contribution >= 0.6 is 0 Å². The fourth-order valence-corrected chi connectivity index (χ4v) is 4.66. The summed E-state index contributed by atoms with van der Waals surface area (Å²) in [6.07, 6.45) is 2.13. The van der Waals surface area contributed by atoms with Gasteiger partial charge in [0.1, 0.15) is 18.4 Å². The van der Waals surface area contributed by atoms with E-state index in [4.69, 9.17) is 0 Å². The lowest BCUT2D eigenvalue weighted by Crippen LogP contribution is -2.52. The molecule has 0 aliphatic rings. The van der Waals surface area contributed by atoms with Crippen LogP contribution in [0.5, 0.6) is 0 Å². The molecule has 2 amide bonds. The average molecular weight is 492 g/mol. The van der Waals surface area contributed by atoms with Gasteiger partial charge in [-0.1, -0.05) is 43.7 Å². The molecule has 2 rings (SSSR count). The minimum absolute atomic E-state index is 0.0433. The predicted octanol–water partition coefficient (Wildman–Crippen LogP) is 3.54. The highest BCUT2D eigenvalue weighted by atomic mass is 32.2. The van der Waals surface area contributed by atoms with Crippen LogP contribution in [0.25, 0.3) is 0 Å². The Balaban J connectivity index is 2.44. The standard InChI is InChI=1S/C25H34FN3O4S/c1-6-14-27-25(31)22(7-2)28(16-20-9-11-21(26)12-10-20)24(30)17-29(34(5,32)33)23-13-8-18(3)15-19(23)4/h8-13,15,22H,6-7,14,16-17H2,1-5H3,(H,27,31)/t22-/m0/s1. The highest BCUT2D eigenvalue weighted by Gasteiger charge is 2.32. The van der Waals surface area contributed by atoms with Gasteiger partial charge in [0.05, 0.1) is 11.9 Å². The summed E-state index contributed by atoms with van der Waals surface area (Å²) < 4.78 is 39.8. The van der Waals surface area contributed by atoms with Crippen molar-refractivity contribution in [3.63, 3.8) is 0 Å². The number of hydrogen-bond acceptors (Lipinski definition) is 4. The van der Waals surface area contributed by atoms with Crippen LogP contribution in [0, 0.1) is 19.7 Å². The maximum absolute atomic E-state index is 13.6. The molecule has 7 nitrogen and oxygen atoms in total. The zero-order valence-electron chi connectivity index (χ0n) is 20.5. The van der Waals surface area contributed by atoms with Crippen molar-refractivity contribution in [2.24, 2.45) is 0 Å².